The number of furan rings is 1. The second-order valence-electron chi connectivity index (χ2n) is 13.0. The van der Waals surface area contributed by atoms with Gasteiger partial charge < -0.3 is 29.6 Å². The molecule has 1 aromatic carbocycles. The topological polar surface area (TPSA) is 126 Å². The SMILES string of the molecule is CC(=O)NC1CCN(c2ccc(-c3oc4ncnc(N5CCC(NC(=O)OC(C)(C)C)CC5)c4c3-c3ccc(F)cc3)cn2)CC1. The third-order valence-corrected chi connectivity index (χ3v) is 8.35. The largest absolute Gasteiger partial charge is 0.444 e. The Morgan fingerprint density at radius 3 is 2.11 bits per heavy atom. The second kappa shape index (κ2) is 12.9. The fraction of sp³-hybridized carbons (Fsp3) is 0.441. The van der Waals surface area contributed by atoms with E-state index in [0.717, 1.165) is 72.5 Å². The monoisotopic (exact) mass is 629 g/mol. The number of fused-ring (bicyclic) bond motifs is 1. The molecule has 11 nitrogen and oxygen atoms in total. The Hall–Kier alpha value is -4.74. The number of nitrogens with zero attached hydrogens (tertiary/aromatic N) is 5. The number of hydrogen-bond acceptors (Lipinski definition) is 9. The van der Waals surface area contributed by atoms with Crippen LogP contribution in [-0.4, -0.2) is 70.8 Å². The molecule has 3 aromatic heterocycles. The number of aromatic nitrogens is 3. The van der Waals surface area contributed by atoms with Gasteiger partial charge in [0, 0.05) is 62.5 Å². The summed E-state index contributed by atoms with van der Waals surface area (Å²) in [6, 6.07) is 10.5. The number of hydrogen-bond donors (Lipinski definition) is 2. The molecule has 2 N–H and O–H groups in total. The van der Waals surface area contributed by atoms with Crippen molar-refractivity contribution in [3.05, 3.63) is 54.7 Å². The van der Waals surface area contributed by atoms with Gasteiger partial charge >= 0.3 is 6.09 Å². The fourth-order valence-electron chi connectivity index (χ4n) is 6.21. The highest BCUT2D eigenvalue weighted by molar-refractivity contribution is 6.06. The van der Waals surface area contributed by atoms with Crippen molar-refractivity contribution in [1.82, 2.24) is 25.6 Å². The van der Waals surface area contributed by atoms with E-state index in [0.29, 0.717) is 24.6 Å². The zero-order valence-electron chi connectivity index (χ0n) is 26.7. The second-order valence-corrected chi connectivity index (χ2v) is 13.0. The molecule has 2 aliphatic rings. The van der Waals surface area contributed by atoms with E-state index in [9.17, 15) is 14.0 Å². The van der Waals surface area contributed by atoms with Crippen molar-refractivity contribution in [3.8, 4) is 22.5 Å². The molecule has 0 bridgehead atoms. The number of carbonyl (C=O) groups excluding carboxylic acids is 2. The lowest BCUT2D eigenvalue weighted by Gasteiger charge is -2.33. The quantitative estimate of drug-likeness (QED) is 0.277. The first-order chi connectivity index (χ1) is 22.0. The minimum atomic E-state index is -0.561. The van der Waals surface area contributed by atoms with E-state index in [-0.39, 0.29) is 23.8 Å². The summed E-state index contributed by atoms with van der Waals surface area (Å²) in [5, 5.41) is 6.74. The summed E-state index contributed by atoms with van der Waals surface area (Å²) < 4.78 is 25.9. The number of piperidine rings is 2. The number of ether oxygens (including phenoxy) is 1. The zero-order chi connectivity index (χ0) is 32.4. The molecule has 0 radical (unpaired) electrons. The van der Waals surface area contributed by atoms with Gasteiger partial charge in [-0.15, -0.1) is 0 Å². The molecule has 0 unspecified atom stereocenters. The lowest BCUT2D eigenvalue weighted by Crippen LogP contribution is -2.46. The van der Waals surface area contributed by atoms with E-state index >= 15 is 0 Å². The molecule has 6 rings (SSSR count). The normalized spacial score (nSPS) is 16.5. The highest BCUT2D eigenvalue weighted by Gasteiger charge is 2.29. The Kier molecular flexibility index (Phi) is 8.79. The average Bonchev–Trinajstić information content (AvgIpc) is 3.41. The molecule has 2 aliphatic heterocycles. The molecule has 4 aromatic rings. The van der Waals surface area contributed by atoms with Gasteiger partial charge in [0.2, 0.25) is 11.6 Å². The van der Waals surface area contributed by atoms with Gasteiger partial charge in [0.1, 0.15) is 35.1 Å². The van der Waals surface area contributed by atoms with Gasteiger partial charge in [-0.1, -0.05) is 12.1 Å². The van der Waals surface area contributed by atoms with Crippen molar-refractivity contribution in [2.45, 2.75) is 71.1 Å². The van der Waals surface area contributed by atoms with Gasteiger partial charge in [-0.3, -0.25) is 4.79 Å². The van der Waals surface area contributed by atoms with E-state index in [1.54, 1.807) is 25.3 Å². The molecule has 46 heavy (non-hydrogen) atoms. The summed E-state index contributed by atoms with van der Waals surface area (Å²) >= 11 is 0. The molecule has 12 heteroatoms. The van der Waals surface area contributed by atoms with Gasteiger partial charge in [-0.05, 0) is 76.3 Å². The minimum Gasteiger partial charge on any atom is -0.444 e. The number of nitrogens with one attached hydrogen (secondary N) is 2. The third-order valence-electron chi connectivity index (χ3n) is 8.35. The third kappa shape index (κ3) is 7.05. The number of carbonyl (C=O) groups is 2. The van der Waals surface area contributed by atoms with E-state index < -0.39 is 11.7 Å². The maximum Gasteiger partial charge on any atom is 0.407 e. The van der Waals surface area contributed by atoms with Crippen LogP contribution in [-0.2, 0) is 9.53 Å². The Balaban J connectivity index is 1.28. The molecule has 2 amide bonds. The predicted octanol–water partition coefficient (Wildman–Crippen LogP) is 5.69. The molecule has 242 valence electrons. The Morgan fingerprint density at radius 2 is 1.50 bits per heavy atom. The highest BCUT2D eigenvalue weighted by atomic mass is 19.1. The zero-order valence-corrected chi connectivity index (χ0v) is 26.7. The van der Waals surface area contributed by atoms with Crippen LogP contribution in [0.5, 0.6) is 0 Å². The summed E-state index contributed by atoms with van der Waals surface area (Å²) in [4.78, 5) is 42.1. The van der Waals surface area contributed by atoms with Crippen molar-refractivity contribution in [1.29, 1.82) is 0 Å². The van der Waals surface area contributed by atoms with Crippen LogP contribution >= 0.6 is 0 Å². The molecule has 2 fully saturated rings. The van der Waals surface area contributed by atoms with Crippen LogP contribution in [0.2, 0.25) is 0 Å². The maximum atomic E-state index is 14.0. The first-order valence-electron chi connectivity index (χ1n) is 15.8. The first-order valence-corrected chi connectivity index (χ1v) is 15.8. The van der Waals surface area contributed by atoms with Crippen molar-refractivity contribution in [3.63, 3.8) is 0 Å². The van der Waals surface area contributed by atoms with Crippen molar-refractivity contribution in [2.75, 3.05) is 36.0 Å². The van der Waals surface area contributed by atoms with E-state index in [2.05, 4.69) is 25.4 Å². The lowest BCUT2D eigenvalue weighted by atomic mass is 9.99. The number of alkyl carbamates (subject to hydrolysis) is 1. The van der Waals surface area contributed by atoms with Crippen LogP contribution in [0.15, 0.2) is 53.3 Å². The number of anilines is 2. The van der Waals surface area contributed by atoms with Crippen molar-refractivity contribution < 1.29 is 23.1 Å². The summed E-state index contributed by atoms with van der Waals surface area (Å²) in [6.07, 6.45) is 6.03. The standard InChI is InChI=1S/C34H40FN7O4/c1-21(43)39-25-11-15-41(16-12-25)27-10-7-23(19-36-27)30-28(22-5-8-24(35)9-6-22)29-31(37-20-38-32(29)45-30)42-17-13-26(14-18-42)40-33(44)46-34(2,3)4/h5-10,19-20,25-26H,11-18H2,1-4H3,(H,39,43)(H,40,44). The molecule has 0 atom stereocenters. The minimum absolute atomic E-state index is 0.00347. The smallest absolute Gasteiger partial charge is 0.407 e. The molecular weight excluding hydrogens is 589 g/mol. The van der Waals surface area contributed by atoms with Crippen LogP contribution < -0.4 is 20.4 Å². The molecular formula is C34H40FN7O4. The number of pyridine rings is 1. The highest BCUT2D eigenvalue weighted by Crippen LogP contribution is 2.44. The van der Waals surface area contributed by atoms with E-state index in [1.165, 1.54) is 18.5 Å². The molecule has 0 saturated carbocycles. The van der Waals surface area contributed by atoms with Crippen LogP contribution in [0.4, 0.5) is 20.8 Å². The van der Waals surface area contributed by atoms with Crippen molar-refractivity contribution >= 4 is 34.7 Å². The van der Waals surface area contributed by atoms with Gasteiger partial charge in [-0.25, -0.2) is 24.1 Å². The fourth-order valence-corrected chi connectivity index (χ4v) is 6.21. The Morgan fingerprint density at radius 1 is 0.870 bits per heavy atom. The number of rotatable bonds is 6. The van der Waals surface area contributed by atoms with E-state index in [1.807, 2.05) is 32.9 Å². The van der Waals surface area contributed by atoms with Gasteiger partial charge in [0.25, 0.3) is 0 Å². The van der Waals surface area contributed by atoms with Gasteiger partial charge in [0.15, 0.2) is 0 Å². The number of halogens is 1. The van der Waals surface area contributed by atoms with Crippen LogP contribution in [0, 0.1) is 5.82 Å². The van der Waals surface area contributed by atoms with Gasteiger partial charge in [-0.2, -0.15) is 0 Å². The predicted molar refractivity (Wildman–Crippen MR) is 174 cm³/mol. The first kappa shape index (κ1) is 31.3. The summed E-state index contributed by atoms with van der Waals surface area (Å²) in [5.74, 6) is 1.82. The number of benzene rings is 1. The molecule has 5 heterocycles. The van der Waals surface area contributed by atoms with Crippen molar-refractivity contribution in [2.24, 2.45) is 0 Å². The molecule has 0 aliphatic carbocycles. The van der Waals surface area contributed by atoms with Crippen LogP contribution in [0.25, 0.3) is 33.6 Å². The molecule has 0 spiro atoms. The Bertz CT molecular complexity index is 1690. The summed E-state index contributed by atoms with van der Waals surface area (Å²) in [5.41, 5.74) is 2.18. The van der Waals surface area contributed by atoms with Crippen LogP contribution in [0.1, 0.15) is 53.4 Å². The Labute approximate surface area is 267 Å². The van der Waals surface area contributed by atoms with Gasteiger partial charge in [0.05, 0.1) is 5.39 Å². The number of amides is 2. The lowest BCUT2D eigenvalue weighted by molar-refractivity contribution is -0.119. The van der Waals surface area contributed by atoms with E-state index in [4.69, 9.17) is 19.1 Å². The summed E-state index contributed by atoms with van der Waals surface area (Å²) in [6.45, 7) is 9.99. The summed E-state index contributed by atoms with van der Waals surface area (Å²) in [7, 11) is 0. The van der Waals surface area contributed by atoms with Crippen LogP contribution in [0.3, 0.4) is 0 Å². The molecule has 2 saturated heterocycles. The average molecular weight is 630 g/mol. The maximum absolute atomic E-state index is 14.0.